The Morgan fingerprint density at radius 1 is 1.39 bits per heavy atom. The average molecular weight is 351 g/mol. The summed E-state index contributed by atoms with van der Waals surface area (Å²) in [5.74, 6) is 0.292. The monoisotopic (exact) mass is 350 g/mol. The number of amides is 1. The molecule has 1 saturated heterocycles. The van der Waals surface area contributed by atoms with Gasteiger partial charge in [0.25, 0.3) is 0 Å². The minimum absolute atomic E-state index is 0. The van der Waals surface area contributed by atoms with Crippen molar-refractivity contribution in [2.24, 2.45) is 5.92 Å². The molecule has 0 bridgehead atoms. The van der Waals surface area contributed by atoms with Crippen molar-refractivity contribution in [3.8, 4) is 0 Å². The molecular formula is C16H22ClF3N2O. The molecule has 1 amide bonds. The van der Waals surface area contributed by atoms with Gasteiger partial charge in [-0.15, -0.1) is 12.4 Å². The van der Waals surface area contributed by atoms with Gasteiger partial charge in [0.15, 0.2) is 0 Å². The second-order valence-corrected chi connectivity index (χ2v) is 5.77. The Morgan fingerprint density at radius 2 is 2.09 bits per heavy atom. The molecule has 7 heteroatoms. The van der Waals surface area contributed by atoms with E-state index in [4.69, 9.17) is 0 Å². The van der Waals surface area contributed by atoms with E-state index in [1.807, 2.05) is 0 Å². The van der Waals surface area contributed by atoms with E-state index in [0.29, 0.717) is 12.3 Å². The van der Waals surface area contributed by atoms with Crippen LogP contribution in [0.3, 0.4) is 0 Å². The quantitative estimate of drug-likeness (QED) is 0.850. The Labute approximate surface area is 140 Å². The van der Waals surface area contributed by atoms with E-state index < -0.39 is 17.8 Å². The van der Waals surface area contributed by atoms with Crippen LogP contribution in [0.2, 0.25) is 0 Å². The highest BCUT2D eigenvalue weighted by Crippen LogP contribution is 2.34. The van der Waals surface area contributed by atoms with Gasteiger partial charge >= 0.3 is 6.18 Å². The topological polar surface area (TPSA) is 41.1 Å². The number of benzene rings is 1. The van der Waals surface area contributed by atoms with Crippen molar-refractivity contribution in [3.63, 3.8) is 0 Å². The van der Waals surface area contributed by atoms with E-state index in [2.05, 4.69) is 10.6 Å². The van der Waals surface area contributed by atoms with Crippen molar-refractivity contribution in [2.75, 3.05) is 13.1 Å². The van der Waals surface area contributed by atoms with Crippen LogP contribution in [0.1, 0.15) is 43.4 Å². The second kappa shape index (κ2) is 8.55. The maximum absolute atomic E-state index is 13.0. The SMILES string of the molecule is CC(NC(=O)CCC1CCNC1)c1ccccc1C(F)(F)F.Cl. The fourth-order valence-electron chi connectivity index (χ4n) is 2.82. The van der Waals surface area contributed by atoms with Crippen LogP contribution in [0.15, 0.2) is 24.3 Å². The van der Waals surface area contributed by atoms with E-state index in [-0.39, 0.29) is 23.9 Å². The zero-order valence-electron chi connectivity index (χ0n) is 13.0. The highest BCUT2D eigenvalue weighted by atomic mass is 35.5. The van der Waals surface area contributed by atoms with Crippen molar-refractivity contribution >= 4 is 18.3 Å². The normalized spacial score (nSPS) is 19.0. The van der Waals surface area contributed by atoms with Crippen LogP contribution in [0.25, 0.3) is 0 Å². The first-order valence-electron chi connectivity index (χ1n) is 7.54. The van der Waals surface area contributed by atoms with Crippen molar-refractivity contribution < 1.29 is 18.0 Å². The van der Waals surface area contributed by atoms with Crippen molar-refractivity contribution in [1.82, 2.24) is 10.6 Å². The number of carbonyl (C=O) groups is 1. The number of alkyl halides is 3. The van der Waals surface area contributed by atoms with E-state index in [9.17, 15) is 18.0 Å². The summed E-state index contributed by atoms with van der Waals surface area (Å²) < 4.78 is 38.9. The summed E-state index contributed by atoms with van der Waals surface area (Å²) in [6.07, 6.45) is -2.23. The molecule has 1 aliphatic heterocycles. The summed E-state index contributed by atoms with van der Waals surface area (Å²) in [6.45, 7) is 3.47. The van der Waals surface area contributed by atoms with Gasteiger partial charge in [-0.25, -0.2) is 0 Å². The summed E-state index contributed by atoms with van der Waals surface area (Å²) in [4.78, 5) is 11.9. The van der Waals surface area contributed by atoms with Gasteiger partial charge in [-0.3, -0.25) is 4.79 Å². The molecule has 0 aromatic heterocycles. The van der Waals surface area contributed by atoms with E-state index in [0.717, 1.165) is 32.0 Å². The highest BCUT2D eigenvalue weighted by molar-refractivity contribution is 5.85. The molecule has 1 aromatic carbocycles. The molecule has 130 valence electrons. The Kier molecular flexibility index (Phi) is 7.35. The Bertz CT molecular complexity index is 516. The smallest absolute Gasteiger partial charge is 0.350 e. The molecule has 1 aliphatic rings. The Hall–Kier alpha value is -1.27. The van der Waals surface area contributed by atoms with Gasteiger partial charge in [0, 0.05) is 6.42 Å². The second-order valence-electron chi connectivity index (χ2n) is 5.77. The lowest BCUT2D eigenvalue weighted by Gasteiger charge is -2.19. The molecule has 2 rings (SSSR count). The third kappa shape index (κ3) is 5.70. The number of carbonyl (C=O) groups excluding carboxylic acids is 1. The molecule has 2 N–H and O–H groups in total. The van der Waals surface area contributed by atoms with Gasteiger partial charge in [-0.2, -0.15) is 13.2 Å². The fourth-order valence-corrected chi connectivity index (χ4v) is 2.82. The maximum atomic E-state index is 13.0. The largest absolute Gasteiger partial charge is 0.416 e. The zero-order chi connectivity index (χ0) is 16.2. The van der Waals surface area contributed by atoms with Crippen molar-refractivity contribution in [3.05, 3.63) is 35.4 Å². The molecule has 0 spiro atoms. The summed E-state index contributed by atoms with van der Waals surface area (Å²) in [7, 11) is 0. The van der Waals surface area contributed by atoms with E-state index >= 15 is 0 Å². The first-order valence-corrected chi connectivity index (χ1v) is 7.54. The van der Waals surface area contributed by atoms with Crippen LogP contribution in [0, 0.1) is 5.92 Å². The van der Waals surface area contributed by atoms with Gasteiger partial charge in [0.2, 0.25) is 5.91 Å². The molecular weight excluding hydrogens is 329 g/mol. The van der Waals surface area contributed by atoms with Crippen LogP contribution in [0.4, 0.5) is 13.2 Å². The lowest BCUT2D eigenvalue weighted by atomic mass is 9.99. The zero-order valence-corrected chi connectivity index (χ0v) is 13.8. The maximum Gasteiger partial charge on any atom is 0.416 e. The van der Waals surface area contributed by atoms with Gasteiger partial charge in [0.1, 0.15) is 0 Å². The summed E-state index contributed by atoms with van der Waals surface area (Å²) in [5, 5.41) is 5.90. The van der Waals surface area contributed by atoms with Gasteiger partial charge in [-0.05, 0) is 50.4 Å². The minimum Gasteiger partial charge on any atom is -0.350 e. The molecule has 3 nitrogen and oxygen atoms in total. The van der Waals surface area contributed by atoms with Gasteiger partial charge in [0.05, 0.1) is 11.6 Å². The van der Waals surface area contributed by atoms with Crippen LogP contribution in [-0.4, -0.2) is 19.0 Å². The first-order chi connectivity index (χ1) is 10.4. The summed E-state index contributed by atoms with van der Waals surface area (Å²) in [6, 6.07) is 4.70. The van der Waals surface area contributed by atoms with Crippen molar-refractivity contribution in [2.45, 2.75) is 38.4 Å². The van der Waals surface area contributed by atoms with E-state index in [1.54, 1.807) is 13.0 Å². The number of hydrogen-bond acceptors (Lipinski definition) is 2. The third-order valence-corrected chi connectivity index (χ3v) is 4.05. The predicted molar refractivity (Wildman–Crippen MR) is 85.5 cm³/mol. The summed E-state index contributed by atoms with van der Waals surface area (Å²) >= 11 is 0. The molecule has 1 heterocycles. The minimum atomic E-state index is -4.41. The first kappa shape index (κ1) is 19.8. The lowest BCUT2D eigenvalue weighted by molar-refractivity contribution is -0.138. The van der Waals surface area contributed by atoms with Gasteiger partial charge < -0.3 is 10.6 Å². The average Bonchev–Trinajstić information content (AvgIpc) is 2.97. The Balaban J connectivity index is 0.00000264. The number of nitrogens with one attached hydrogen (secondary N) is 2. The van der Waals surface area contributed by atoms with Crippen LogP contribution in [0.5, 0.6) is 0 Å². The van der Waals surface area contributed by atoms with Crippen LogP contribution in [-0.2, 0) is 11.0 Å². The molecule has 0 aliphatic carbocycles. The van der Waals surface area contributed by atoms with Crippen molar-refractivity contribution in [1.29, 1.82) is 0 Å². The van der Waals surface area contributed by atoms with E-state index in [1.165, 1.54) is 12.1 Å². The standard InChI is InChI=1S/C16H21F3N2O.ClH/c1-11(13-4-2-3-5-14(13)16(17,18)19)21-15(22)7-6-12-8-9-20-10-12;/h2-5,11-12,20H,6-10H2,1H3,(H,21,22);1H. The molecule has 0 radical (unpaired) electrons. The molecule has 1 aromatic rings. The van der Waals surface area contributed by atoms with Gasteiger partial charge in [-0.1, -0.05) is 18.2 Å². The molecule has 23 heavy (non-hydrogen) atoms. The molecule has 1 fully saturated rings. The third-order valence-electron chi connectivity index (χ3n) is 4.05. The fraction of sp³-hybridized carbons (Fsp3) is 0.562. The predicted octanol–water partition coefficient (Wildman–Crippen LogP) is 3.69. The number of halogens is 4. The molecule has 2 unspecified atom stereocenters. The number of hydrogen-bond donors (Lipinski definition) is 2. The Morgan fingerprint density at radius 3 is 2.70 bits per heavy atom. The molecule has 2 atom stereocenters. The lowest BCUT2D eigenvalue weighted by Crippen LogP contribution is -2.28. The molecule has 0 saturated carbocycles. The highest BCUT2D eigenvalue weighted by Gasteiger charge is 2.34. The number of rotatable bonds is 5. The van der Waals surface area contributed by atoms with Crippen LogP contribution < -0.4 is 10.6 Å². The summed E-state index contributed by atoms with van der Waals surface area (Å²) in [5.41, 5.74) is -0.589. The van der Waals surface area contributed by atoms with Crippen LogP contribution >= 0.6 is 12.4 Å².